The van der Waals surface area contributed by atoms with Crippen LogP contribution >= 0.6 is 0 Å². The maximum absolute atomic E-state index is 14.1. The van der Waals surface area contributed by atoms with Gasteiger partial charge in [0.15, 0.2) is 0 Å². The number of piperidine rings is 1. The first-order chi connectivity index (χ1) is 16.3. The number of hydrogen-bond acceptors (Lipinski definition) is 5. The molecule has 0 bridgehead atoms. The molecule has 1 fully saturated rings. The fourth-order valence-electron chi connectivity index (χ4n) is 4.25. The minimum absolute atomic E-state index is 0.135. The molecule has 4 rings (SSSR count). The Morgan fingerprint density at radius 3 is 2.47 bits per heavy atom. The molecule has 1 atom stereocenters. The average molecular weight is 487 g/mol. The van der Waals surface area contributed by atoms with E-state index in [4.69, 9.17) is 4.74 Å². The number of carbonyl (C=O) groups excluding carboxylic acids is 1. The molecule has 180 valence electrons. The van der Waals surface area contributed by atoms with E-state index in [1.807, 2.05) is 35.9 Å². The zero-order valence-electron chi connectivity index (χ0n) is 19.0. The summed E-state index contributed by atoms with van der Waals surface area (Å²) in [6.07, 6.45) is 4.13. The van der Waals surface area contributed by atoms with Crippen LogP contribution in [0.4, 0.5) is 4.39 Å². The smallest absolute Gasteiger partial charge is 0.245 e. The van der Waals surface area contributed by atoms with Crippen LogP contribution in [0.1, 0.15) is 30.3 Å². The van der Waals surface area contributed by atoms with Gasteiger partial charge in [-0.3, -0.25) is 4.79 Å². The van der Waals surface area contributed by atoms with E-state index in [0.29, 0.717) is 24.4 Å². The van der Waals surface area contributed by atoms with Gasteiger partial charge in [-0.15, -0.1) is 0 Å². The number of benzene rings is 2. The van der Waals surface area contributed by atoms with Crippen molar-refractivity contribution < 1.29 is 22.3 Å². The molecule has 0 spiro atoms. The highest BCUT2D eigenvalue weighted by Gasteiger charge is 2.35. The number of aromatic nitrogens is 2. The molecule has 1 aliphatic rings. The zero-order chi connectivity index (χ0) is 24.3. The lowest BCUT2D eigenvalue weighted by atomic mass is 9.96. The van der Waals surface area contributed by atoms with E-state index >= 15 is 0 Å². The summed E-state index contributed by atoms with van der Waals surface area (Å²) in [5, 5.41) is 3.09. The number of rotatable bonds is 7. The molecule has 0 radical (unpaired) electrons. The lowest BCUT2D eigenvalue weighted by Crippen LogP contribution is -2.44. The van der Waals surface area contributed by atoms with Crippen molar-refractivity contribution in [3.8, 4) is 5.75 Å². The van der Waals surface area contributed by atoms with Crippen LogP contribution in [0.5, 0.6) is 5.75 Å². The van der Waals surface area contributed by atoms with Crippen LogP contribution in [0.15, 0.2) is 65.8 Å². The Hall–Kier alpha value is -3.24. The van der Waals surface area contributed by atoms with Gasteiger partial charge in [0.05, 0.1) is 7.11 Å². The number of nitrogens with one attached hydrogen (secondary N) is 1. The first-order valence-electron chi connectivity index (χ1n) is 11.0. The molecule has 0 saturated carbocycles. The van der Waals surface area contributed by atoms with Crippen LogP contribution in [-0.4, -0.2) is 48.4 Å². The molecule has 1 amide bonds. The number of imidazole rings is 1. The minimum atomic E-state index is -3.96. The van der Waals surface area contributed by atoms with E-state index in [1.165, 1.54) is 22.5 Å². The van der Waals surface area contributed by atoms with Crippen LogP contribution in [0, 0.1) is 11.7 Å². The van der Waals surface area contributed by atoms with Gasteiger partial charge < -0.3 is 14.6 Å². The second kappa shape index (κ2) is 9.94. The molecular formula is C24H27FN4O4S. The SMILES string of the molecule is COc1ccccc1C(NC(=O)C1CCN(S(=O)(=O)c2ccccc2F)CC1)c1nccn1C. The molecule has 8 nitrogen and oxygen atoms in total. The van der Waals surface area contributed by atoms with Gasteiger partial charge >= 0.3 is 0 Å². The number of ether oxygens (including phenoxy) is 1. The van der Waals surface area contributed by atoms with E-state index in [9.17, 15) is 17.6 Å². The largest absolute Gasteiger partial charge is 0.496 e. The predicted molar refractivity (Wildman–Crippen MR) is 124 cm³/mol. The van der Waals surface area contributed by atoms with Crippen molar-refractivity contribution in [1.29, 1.82) is 0 Å². The molecule has 1 N–H and O–H groups in total. The van der Waals surface area contributed by atoms with Crippen molar-refractivity contribution in [2.75, 3.05) is 20.2 Å². The van der Waals surface area contributed by atoms with Gasteiger partial charge in [-0.2, -0.15) is 4.31 Å². The monoisotopic (exact) mass is 486 g/mol. The highest BCUT2D eigenvalue weighted by molar-refractivity contribution is 7.89. The zero-order valence-corrected chi connectivity index (χ0v) is 19.8. The topological polar surface area (TPSA) is 93.5 Å². The van der Waals surface area contributed by atoms with Gasteiger partial charge in [0.2, 0.25) is 15.9 Å². The van der Waals surface area contributed by atoms with Gasteiger partial charge in [0, 0.05) is 44.0 Å². The summed E-state index contributed by atoms with van der Waals surface area (Å²) in [4.78, 5) is 17.3. The summed E-state index contributed by atoms with van der Waals surface area (Å²) in [7, 11) is -0.540. The molecule has 3 aromatic rings. The van der Waals surface area contributed by atoms with E-state index in [0.717, 1.165) is 11.6 Å². The number of carbonyl (C=O) groups is 1. The number of methoxy groups -OCH3 is 1. The molecule has 10 heteroatoms. The molecule has 2 aromatic carbocycles. The summed E-state index contributed by atoms with van der Waals surface area (Å²) < 4.78 is 48.4. The lowest BCUT2D eigenvalue weighted by molar-refractivity contribution is -0.126. The van der Waals surface area contributed by atoms with Crippen molar-refractivity contribution in [3.63, 3.8) is 0 Å². The predicted octanol–water partition coefficient (Wildman–Crippen LogP) is 2.87. The summed E-state index contributed by atoms with van der Waals surface area (Å²) in [5.74, 6) is -0.0810. The fourth-order valence-corrected chi connectivity index (χ4v) is 5.79. The van der Waals surface area contributed by atoms with E-state index in [1.54, 1.807) is 19.5 Å². The highest BCUT2D eigenvalue weighted by Crippen LogP contribution is 2.31. The normalized spacial score (nSPS) is 16.2. The fraction of sp³-hybridized carbons (Fsp3) is 0.333. The van der Waals surface area contributed by atoms with Crippen molar-refractivity contribution in [2.24, 2.45) is 13.0 Å². The molecule has 1 aromatic heterocycles. The number of sulfonamides is 1. The number of halogens is 1. The number of aryl methyl sites for hydroxylation is 1. The standard InChI is InChI=1S/C24H27FN4O4S/c1-28-16-13-26-23(28)22(18-7-3-5-9-20(18)33-2)27-24(30)17-11-14-29(15-12-17)34(31,32)21-10-6-4-8-19(21)25/h3-10,13,16-17,22H,11-12,14-15H2,1-2H3,(H,27,30). The maximum Gasteiger partial charge on any atom is 0.245 e. The number of amides is 1. The van der Waals surface area contributed by atoms with E-state index in [2.05, 4.69) is 10.3 Å². The summed E-state index contributed by atoms with van der Waals surface area (Å²) in [6, 6.07) is 12.2. The van der Waals surface area contributed by atoms with Crippen LogP contribution in [0.3, 0.4) is 0 Å². The molecule has 1 unspecified atom stereocenters. The molecule has 1 saturated heterocycles. The van der Waals surface area contributed by atoms with Crippen LogP contribution in [0.2, 0.25) is 0 Å². The van der Waals surface area contributed by atoms with Crippen LogP contribution in [-0.2, 0) is 21.9 Å². The summed E-state index contributed by atoms with van der Waals surface area (Å²) in [6.45, 7) is 0.271. The lowest BCUT2D eigenvalue weighted by Gasteiger charge is -2.31. The van der Waals surface area contributed by atoms with Crippen molar-refractivity contribution in [3.05, 3.63) is 78.1 Å². The molecule has 34 heavy (non-hydrogen) atoms. The Balaban J connectivity index is 1.50. The number of hydrogen-bond donors (Lipinski definition) is 1. The first-order valence-corrected chi connectivity index (χ1v) is 12.4. The van der Waals surface area contributed by atoms with Gasteiger partial charge in [-0.1, -0.05) is 30.3 Å². The molecule has 0 aliphatic carbocycles. The van der Waals surface area contributed by atoms with Crippen molar-refractivity contribution >= 4 is 15.9 Å². The summed E-state index contributed by atoms with van der Waals surface area (Å²) >= 11 is 0. The second-order valence-corrected chi connectivity index (χ2v) is 10.1. The molecular weight excluding hydrogens is 459 g/mol. The molecule has 2 heterocycles. The quantitative estimate of drug-likeness (QED) is 0.554. The van der Waals surface area contributed by atoms with Crippen molar-refractivity contribution in [2.45, 2.75) is 23.8 Å². The van der Waals surface area contributed by atoms with E-state index < -0.39 is 21.9 Å². The van der Waals surface area contributed by atoms with Gasteiger partial charge in [0.25, 0.3) is 0 Å². The van der Waals surface area contributed by atoms with Crippen molar-refractivity contribution in [1.82, 2.24) is 19.2 Å². The van der Waals surface area contributed by atoms with Crippen LogP contribution in [0.25, 0.3) is 0 Å². The molecule has 1 aliphatic heterocycles. The van der Waals surface area contributed by atoms with Gasteiger partial charge in [-0.05, 0) is 31.0 Å². The average Bonchev–Trinajstić information content (AvgIpc) is 3.28. The third-order valence-electron chi connectivity index (χ3n) is 6.13. The third-order valence-corrected chi connectivity index (χ3v) is 8.06. The Morgan fingerprint density at radius 1 is 1.15 bits per heavy atom. The number of nitrogens with zero attached hydrogens (tertiary/aromatic N) is 3. The Morgan fingerprint density at radius 2 is 1.82 bits per heavy atom. The Kier molecular flexibility index (Phi) is 6.99. The van der Waals surface area contributed by atoms with Gasteiger partial charge in [0.1, 0.15) is 28.3 Å². The first kappa shape index (κ1) is 23.9. The number of para-hydroxylation sites is 1. The highest BCUT2D eigenvalue weighted by atomic mass is 32.2. The Bertz CT molecular complexity index is 1270. The second-order valence-electron chi connectivity index (χ2n) is 8.19. The van der Waals surface area contributed by atoms with Gasteiger partial charge in [-0.25, -0.2) is 17.8 Å². The Labute approximate surface area is 198 Å². The van der Waals surface area contributed by atoms with E-state index in [-0.39, 0.29) is 29.8 Å². The third kappa shape index (κ3) is 4.69. The minimum Gasteiger partial charge on any atom is -0.496 e. The van der Waals surface area contributed by atoms with Crippen LogP contribution < -0.4 is 10.1 Å². The summed E-state index contributed by atoms with van der Waals surface area (Å²) in [5.41, 5.74) is 0.771. The maximum atomic E-state index is 14.1.